The molecular formula is C12H10N2OS. The third kappa shape index (κ3) is 1.23. The molecule has 0 saturated carbocycles. The molecule has 2 aliphatic heterocycles. The van der Waals surface area contributed by atoms with Crippen LogP contribution in [-0.2, 0) is 4.79 Å². The third-order valence-electron chi connectivity index (χ3n) is 2.75. The predicted octanol–water partition coefficient (Wildman–Crippen LogP) is 1.80. The monoisotopic (exact) mass is 230 g/mol. The van der Waals surface area contributed by atoms with Crippen molar-refractivity contribution in [3.8, 4) is 0 Å². The molecule has 0 unspecified atom stereocenters. The van der Waals surface area contributed by atoms with Crippen molar-refractivity contribution in [1.29, 1.82) is 0 Å². The first-order valence-corrected chi connectivity index (χ1v) is 5.88. The summed E-state index contributed by atoms with van der Waals surface area (Å²) in [5.74, 6) is -0.372. The SMILES string of the molecule is NC(=O)C1=C2c3ccsc3C=CN2CC=C1. The number of amides is 1. The minimum absolute atomic E-state index is 0.372. The normalized spacial score (nSPS) is 17.4. The number of nitrogens with two attached hydrogens (primary N) is 1. The number of thiophene rings is 1. The number of nitrogens with zero attached hydrogens (tertiary/aromatic N) is 1. The molecule has 1 amide bonds. The van der Waals surface area contributed by atoms with E-state index in [-0.39, 0.29) is 5.91 Å². The number of fused-ring (bicyclic) bond motifs is 3. The van der Waals surface area contributed by atoms with E-state index >= 15 is 0 Å². The van der Waals surface area contributed by atoms with Gasteiger partial charge in [-0.25, -0.2) is 0 Å². The fourth-order valence-electron chi connectivity index (χ4n) is 2.05. The van der Waals surface area contributed by atoms with Gasteiger partial charge in [-0.05, 0) is 23.6 Å². The van der Waals surface area contributed by atoms with E-state index in [4.69, 9.17) is 5.73 Å². The molecular weight excluding hydrogens is 220 g/mol. The van der Waals surface area contributed by atoms with Gasteiger partial charge in [-0.3, -0.25) is 4.79 Å². The van der Waals surface area contributed by atoms with Crippen molar-refractivity contribution in [2.75, 3.05) is 6.54 Å². The van der Waals surface area contributed by atoms with Crippen LogP contribution < -0.4 is 5.73 Å². The van der Waals surface area contributed by atoms with Crippen LogP contribution in [0.15, 0.2) is 35.4 Å². The number of primary amides is 1. The van der Waals surface area contributed by atoms with Crippen LogP contribution in [0.3, 0.4) is 0 Å². The van der Waals surface area contributed by atoms with Gasteiger partial charge in [-0.2, -0.15) is 0 Å². The molecule has 0 fully saturated rings. The highest BCUT2D eigenvalue weighted by molar-refractivity contribution is 7.11. The Morgan fingerprint density at radius 1 is 1.44 bits per heavy atom. The summed E-state index contributed by atoms with van der Waals surface area (Å²) >= 11 is 1.67. The lowest BCUT2D eigenvalue weighted by Gasteiger charge is -2.29. The third-order valence-corrected chi connectivity index (χ3v) is 3.63. The predicted molar refractivity (Wildman–Crippen MR) is 65.3 cm³/mol. The summed E-state index contributed by atoms with van der Waals surface area (Å²) in [7, 11) is 0. The van der Waals surface area contributed by atoms with Gasteiger partial charge in [0.05, 0.1) is 11.3 Å². The maximum atomic E-state index is 11.4. The molecule has 1 aromatic heterocycles. The highest BCUT2D eigenvalue weighted by atomic mass is 32.1. The van der Waals surface area contributed by atoms with Crippen molar-refractivity contribution in [2.24, 2.45) is 5.73 Å². The van der Waals surface area contributed by atoms with E-state index in [1.54, 1.807) is 11.3 Å². The zero-order valence-corrected chi connectivity index (χ0v) is 9.33. The maximum absolute atomic E-state index is 11.4. The van der Waals surface area contributed by atoms with Crippen LogP contribution in [0, 0.1) is 0 Å². The summed E-state index contributed by atoms with van der Waals surface area (Å²) in [6.45, 7) is 0.790. The Kier molecular flexibility index (Phi) is 1.97. The summed E-state index contributed by atoms with van der Waals surface area (Å²) in [5, 5.41) is 2.03. The molecule has 3 rings (SSSR count). The Bertz CT molecular complexity index is 551. The first-order valence-electron chi connectivity index (χ1n) is 5.00. The van der Waals surface area contributed by atoms with Crippen molar-refractivity contribution in [3.63, 3.8) is 0 Å². The summed E-state index contributed by atoms with van der Waals surface area (Å²) < 4.78 is 0. The molecule has 3 nitrogen and oxygen atoms in total. The largest absolute Gasteiger partial charge is 0.366 e. The second-order valence-electron chi connectivity index (χ2n) is 3.70. The van der Waals surface area contributed by atoms with Gasteiger partial charge in [0.25, 0.3) is 5.91 Å². The Morgan fingerprint density at radius 2 is 2.31 bits per heavy atom. The van der Waals surface area contributed by atoms with Gasteiger partial charge in [-0.15, -0.1) is 11.3 Å². The van der Waals surface area contributed by atoms with E-state index in [9.17, 15) is 4.79 Å². The van der Waals surface area contributed by atoms with E-state index in [2.05, 4.69) is 11.0 Å². The van der Waals surface area contributed by atoms with E-state index in [1.807, 2.05) is 29.8 Å². The molecule has 1 aromatic rings. The second-order valence-corrected chi connectivity index (χ2v) is 4.64. The first-order chi connectivity index (χ1) is 7.77. The van der Waals surface area contributed by atoms with Gasteiger partial charge in [0.15, 0.2) is 0 Å². The van der Waals surface area contributed by atoms with Gasteiger partial charge in [0, 0.05) is 23.2 Å². The topological polar surface area (TPSA) is 46.3 Å². The quantitative estimate of drug-likeness (QED) is 0.799. The summed E-state index contributed by atoms with van der Waals surface area (Å²) in [5.41, 5.74) is 8.04. The standard InChI is InChI=1S/C12H10N2OS/c13-12(15)9-2-1-5-14-6-3-10-8(11(9)14)4-7-16-10/h1-4,6-7H,5H2,(H2,13,15). The molecule has 0 saturated heterocycles. The molecule has 80 valence electrons. The smallest absolute Gasteiger partial charge is 0.250 e. The van der Waals surface area contributed by atoms with Gasteiger partial charge in [0.2, 0.25) is 0 Å². The number of carbonyl (C=O) groups is 1. The van der Waals surface area contributed by atoms with Crippen LogP contribution in [0.2, 0.25) is 0 Å². The fourth-order valence-corrected chi connectivity index (χ4v) is 2.83. The minimum Gasteiger partial charge on any atom is -0.366 e. The number of rotatable bonds is 1. The van der Waals surface area contributed by atoms with Gasteiger partial charge < -0.3 is 10.6 Å². The molecule has 16 heavy (non-hydrogen) atoms. The van der Waals surface area contributed by atoms with Gasteiger partial charge in [0.1, 0.15) is 0 Å². The Hall–Kier alpha value is -1.81. The molecule has 2 aliphatic rings. The lowest BCUT2D eigenvalue weighted by atomic mass is 10.00. The van der Waals surface area contributed by atoms with Crippen LogP contribution >= 0.6 is 11.3 Å². The molecule has 4 heteroatoms. The van der Waals surface area contributed by atoms with E-state index in [0.29, 0.717) is 5.57 Å². The molecule has 0 bridgehead atoms. The number of carbonyl (C=O) groups excluding carboxylic acids is 1. The molecule has 3 heterocycles. The molecule has 0 spiro atoms. The lowest BCUT2D eigenvalue weighted by molar-refractivity contribution is -0.114. The summed E-state index contributed by atoms with van der Waals surface area (Å²) in [4.78, 5) is 14.6. The van der Waals surface area contributed by atoms with Crippen LogP contribution in [0.25, 0.3) is 11.8 Å². The highest BCUT2D eigenvalue weighted by Crippen LogP contribution is 2.36. The Balaban J connectivity index is 2.27. The van der Waals surface area contributed by atoms with Gasteiger partial charge >= 0.3 is 0 Å². The Labute approximate surface area is 97.2 Å². The van der Waals surface area contributed by atoms with Crippen molar-refractivity contribution < 1.29 is 4.79 Å². The second kappa shape index (κ2) is 3.35. The van der Waals surface area contributed by atoms with Crippen molar-refractivity contribution >= 4 is 29.0 Å². The first kappa shape index (κ1) is 9.42. The van der Waals surface area contributed by atoms with Crippen LogP contribution in [0.1, 0.15) is 10.4 Å². The van der Waals surface area contributed by atoms with E-state index in [0.717, 1.165) is 17.8 Å². The van der Waals surface area contributed by atoms with E-state index < -0.39 is 0 Å². The zero-order valence-electron chi connectivity index (χ0n) is 8.51. The zero-order chi connectivity index (χ0) is 11.1. The summed E-state index contributed by atoms with van der Waals surface area (Å²) in [6.07, 6.45) is 7.84. The minimum atomic E-state index is -0.372. The van der Waals surface area contributed by atoms with E-state index in [1.165, 1.54) is 4.88 Å². The number of hydrogen-bond acceptors (Lipinski definition) is 3. The summed E-state index contributed by atoms with van der Waals surface area (Å²) in [6, 6.07) is 2.04. The molecule has 0 radical (unpaired) electrons. The number of hydrogen-bond donors (Lipinski definition) is 1. The van der Waals surface area contributed by atoms with Crippen LogP contribution in [0.4, 0.5) is 0 Å². The fraction of sp³-hybridized carbons (Fsp3) is 0.0833. The lowest BCUT2D eigenvalue weighted by Crippen LogP contribution is -2.27. The van der Waals surface area contributed by atoms with Crippen LogP contribution in [-0.4, -0.2) is 17.4 Å². The van der Waals surface area contributed by atoms with Gasteiger partial charge in [-0.1, -0.05) is 6.08 Å². The highest BCUT2D eigenvalue weighted by Gasteiger charge is 2.24. The van der Waals surface area contributed by atoms with Crippen molar-refractivity contribution in [2.45, 2.75) is 0 Å². The molecule has 0 atom stereocenters. The van der Waals surface area contributed by atoms with Crippen molar-refractivity contribution in [1.82, 2.24) is 4.90 Å². The van der Waals surface area contributed by atoms with Crippen LogP contribution in [0.5, 0.6) is 0 Å². The average Bonchev–Trinajstić information content (AvgIpc) is 2.76. The average molecular weight is 230 g/mol. The molecule has 2 N–H and O–H groups in total. The molecule has 0 aromatic carbocycles. The van der Waals surface area contributed by atoms with Crippen molar-refractivity contribution in [3.05, 3.63) is 45.8 Å². The maximum Gasteiger partial charge on any atom is 0.250 e. The molecule has 0 aliphatic carbocycles. The Morgan fingerprint density at radius 3 is 3.12 bits per heavy atom.